The zero-order valence-corrected chi connectivity index (χ0v) is 11.0. The molecule has 3 rings (SSSR count). The largest absolute Gasteiger partial charge is 0.481 e. The van der Waals surface area contributed by atoms with Crippen LogP contribution in [0, 0.1) is 5.92 Å². The molecule has 1 aliphatic rings. The standard InChI is InChI=1S/C13H16N4O2/c1-16-10-4-3-8(13(18)19)7-9(10)15-12(16)11-5-6-14-17(11)2/h5-6,8H,3-4,7H2,1-2H3,(H,18,19). The van der Waals surface area contributed by atoms with Crippen molar-refractivity contribution in [2.45, 2.75) is 19.3 Å². The van der Waals surface area contributed by atoms with Crippen LogP contribution in [-0.4, -0.2) is 30.4 Å². The molecule has 6 heteroatoms. The first-order valence-corrected chi connectivity index (χ1v) is 6.33. The molecule has 100 valence electrons. The molecule has 0 fully saturated rings. The smallest absolute Gasteiger partial charge is 0.306 e. The summed E-state index contributed by atoms with van der Waals surface area (Å²) in [7, 11) is 3.86. The van der Waals surface area contributed by atoms with Crippen LogP contribution in [0.2, 0.25) is 0 Å². The molecule has 0 spiro atoms. The number of rotatable bonds is 2. The monoisotopic (exact) mass is 260 g/mol. The van der Waals surface area contributed by atoms with Crippen molar-refractivity contribution >= 4 is 5.97 Å². The van der Waals surface area contributed by atoms with Gasteiger partial charge < -0.3 is 9.67 Å². The minimum Gasteiger partial charge on any atom is -0.481 e. The van der Waals surface area contributed by atoms with Crippen molar-refractivity contribution in [3.63, 3.8) is 0 Å². The van der Waals surface area contributed by atoms with E-state index in [1.165, 1.54) is 0 Å². The summed E-state index contributed by atoms with van der Waals surface area (Å²) in [5, 5.41) is 13.3. The van der Waals surface area contributed by atoms with Crippen LogP contribution in [0.1, 0.15) is 17.8 Å². The number of hydrogen-bond donors (Lipinski definition) is 1. The summed E-state index contributed by atoms with van der Waals surface area (Å²) in [6.07, 6.45) is 3.72. The van der Waals surface area contributed by atoms with E-state index in [4.69, 9.17) is 5.11 Å². The fraction of sp³-hybridized carbons (Fsp3) is 0.462. The van der Waals surface area contributed by atoms with E-state index >= 15 is 0 Å². The number of aliphatic carboxylic acids is 1. The zero-order valence-electron chi connectivity index (χ0n) is 11.0. The molecule has 0 bridgehead atoms. The molecule has 1 unspecified atom stereocenters. The number of imidazole rings is 1. The molecule has 0 aliphatic heterocycles. The number of carboxylic acid groups (broad SMARTS) is 1. The van der Waals surface area contributed by atoms with E-state index in [0.29, 0.717) is 12.8 Å². The molecular formula is C13H16N4O2. The molecule has 6 nitrogen and oxygen atoms in total. The number of aryl methyl sites for hydroxylation is 1. The molecule has 2 aromatic rings. The topological polar surface area (TPSA) is 72.9 Å². The van der Waals surface area contributed by atoms with Gasteiger partial charge >= 0.3 is 5.97 Å². The normalized spacial score (nSPS) is 18.3. The molecule has 2 aromatic heterocycles. The summed E-state index contributed by atoms with van der Waals surface area (Å²) in [6.45, 7) is 0. The molecule has 1 N–H and O–H groups in total. The Balaban J connectivity index is 2.03. The van der Waals surface area contributed by atoms with Gasteiger partial charge in [0.05, 0.1) is 11.6 Å². The van der Waals surface area contributed by atoms with E-state index < -0.39 is 5.97 Å². The van der Waals surface area contributed by atoms with Crippen LogP contribution in [-0.2, 0) is 31.7 Å². The average Bonchev–Trinajstić information content (AvgIpc) is 2.93. The Labute approximate surface area is 110 Å². The molecule has 19 heavy (non-hydrogen) atoms. The van der Waals surface area contributed by atoms with Gasteiger partial charge in [0.25, 0.3) is 0 Å². The fourth-order valence-corrected chi connectivity index (χ4v) is 2.74. The predicted octanol–water partition coefficient (Wildman–Crippen LogP) is 1.01. The molecule has 0 aromatic carbocycles. The lowest BCUT2D eigenvalue weighted by Crippen LogP contribution is -2.22. The Kier molecular flexibility index (Phi) is 2.66. The predicted molar refractivity (Wildman–Crippen MR) is 68.6 cm³/mol. The highest BCUT2D eigenvalue weighted by Crippen LogP contribution is 2.29. The maximum atomic E-state index is 11.1. The summed E-state index contributed by atoms with van der Waals surface area (Å²) < 4.78 is 3.84. The molecule has 1 atom stereocenters. The Hall–Kier alpha value is -2.11. The third kappa shape index (κ3) is 1.83. The first kappa shape index (κ1) is 12.0. The Morgan fingerprint density at radius 3 is 2.89 bits per heavy atom. The second kappa shape index (κ2) is 4.22. The van der Waals surface area contributed by atoms with Gasteiger partial charge in [-0.25, -0.2) is 4.98 Å². The minimum atomic E-state index is -0.724. The van der Waals surface area contributed by atoms with Gasteiger partial charge in [0.15, 0.2) is 5.82 Å². The number of carbonyl (C=O) groups is 1. The van der Waals surface area contributed by atoms with Gasteiger partial charge in [-0.3, -0.25) is 9.48 Å². The van der Waals surface area contributed by atoms with Crippen molar-refractivity contribution in [1.29, 1.82) is 0 Å². The number of hydrogen-bond acceptors (Lipinski definition) is 3. The minimum absolute atomic E-state index is 0.304. The van der Waals surface area contributed by atoms with Crippen molar-refractivity contribution in [2.24, 2.45) is 20.0 Å². The SMILES string of the molecule is Cn1nccc1-c1nc2c(n1C)CCC(C(=O)O)C2. The van der Waals surface area contributed by atoms with Gasteiger partial charge in [0.1, 0.15) is 5.69 Å². The van der Waals surface area contributed by atoms with Crippen molar-refractivity contribution in [2.75, 3.05) is 0 Å². The van der Waals surface area contributed by atoms with Crippen molar-refractivity contribution < 1.29 is 9.90 Å². The first-order valence-electron chi connectivity index (χ1n) is 6.33. The van der Waals surface area contributed by atoms with Crippen LogP contribution in [0.3, 0.4) is 0 Å². The lowest BCUT2D eigenvalue weighted by atomic mass is 9.90. The molecule has 0 saturated heterocycles. The highest BCUT2D eigenvalue weighted by Gasteiger charge is 2.29. The Morgan fingerprint density at radius 2 is 2.26 bits per heavy atom. The van der Waals surface area contributed by atoms with Crippen LogP contribution in [0.4, 0.5) is 0 Å². The molecule has 0 saturated carbocycles. The third-order valence-electron chi connectivity index (χ3n) is 3.87. The third-order valence-corrected chi connectivity index (χ3v) is 3.87. The molecule has 0 radical (unpaired) electrons. The van der Waals surface area contributed by atoms with Gasteiger partial charge in [-0.2, -0.15) is 5.10 Å². The summed E-state index contributed by atoms with van der Waals surface area (Å²) in [6, 6.07) is 1.92. The zero-order chi connectivity index (χ0) is 13.6. The maximum Gasteiger partial charge on any atom is 0.306 e. The van der Waals surface area contributed by atoms with E-state index in [2.05, 4.69) is 14.6 Å². The summed E-state index contributed by atoms with van der Waals surface area (Å²) >= 11 is 0. The number of fused-ring (bicyclic) bond motifs is 1. The number of carboxylic acids is 1. The Bertz CT molecular complexity index is 641. The van der Waals surface area contributed by atoms with E-state index in [1.54, 1.807) is 10.9 Å². The first-order chi connectivity index (χ1) is 9.08. The van der Waals surface area contributed by atoms with Crippen LogP contribution in [0.15, 0.2) is 12.3 Å². The highest BCUT2D eigenvalue weighted by atomic mass is 16.4. The molecule has 0 amide bonds. The summed E-state index contributed by atoms with van der Waals surface area (Å²) in [5.41, 5.74) is 3.01. The lowest BCUT2D eigenvalue weighted by Gasteiger charge is -2.18. The van der Waals surface area contributed by atoms with Gasteiger partial charge in [-0.05, 0) is 18.9 Å². The van der Waals surface area contributed by atoms with Gasteiger partial charge in [-0.1, -0.05) is 0 Å². The van der Waals surface area contributed by atoms with Crippen LogP contribution >= 0.6 is 0 Å². The quantitative estimate of drug-likeness (QED) is 0.874. The van der Waals surface area contributed by atoms with Gasteiger partial charge in [0, 0.05) is 32.4 Å². The van der Waals surface area contributed by atoms with E-state index in [-0.39, 0.29) is 5.92 Å². The van der Waals surface area contributed by atoms with E-state index in [0.717, 1.165) is 29.3 Å². The van der Waals surface area contributed by atoms with Crippen molar-refractivity contribution in [1.82, 2.24) is 19.3 Å². The molecule has 1 aliphatic carbocycles. The second-order valence-corrected chi connectivity index (χ2v) is 5.01. The molecule has 2 heterocycles. The van der Waals surface area contributed by atoms with Gasteiger partial charge in [0.2, 0.25) is 0 Å². The van der Waals surface area contributed by atoms with Crippen molar-refractivity contribution in [3.05, 3.63) is 23.7 Å². The lowest BCUT2D eigenvalue weighted by molar-refractivity contribution is -0.142. The van der Waals surface area contributed by atoms with Crippen LogP contribution in [0.5, 0.6) is 0 Å². The second-order valence-electron chi connectivity index (χ2n) is 5.01. The number of aromatic nitrogens is 4. The Morgan fingerprint density at radius 1 is 1.47 bits per heavy atom. The maximum absolute atomic E-state index is 11.1. The van der Waals surface area contributed by atoms with E-state index in [1.807, 2.05) is 20.2 Å². The summed E-state index contributed by atoms with van der Waals surface area (Å²) in [5.74, 6) is -0.170. The van der Waals surface area contributed by atoms with Gasteiger partial charge in [-0.15, -0.1) is 0 Å². The fourth-order valence-electron chi connectivity index (χ4n) is 2.74. The van der Waals surface area contributed by atoms with Crippen LogP contribution < -0.4 is 0 Å². The molecular weight excluding hydrogens is 244 g/mol. The summed E-state index contributed by atoms with van der Waals surface area (Å²) in [4.78, 5) is 15.7. The van der Waals surface area contributed by atoms with Crippen LogP contribution in [0.25, 0.3) is 11.5 Å². The van der Waals surface area contributed by atoms with Crippen molar-refractivity contribution in [3.8, 4) is 11.5 Å². The number of nitrogens with zero attached hydrogens (tertiary/aromatic N) is 4. The highest BCUT2D eigenvalue weighted by molar-refractivity contribution is 5.71. The van der Waals surface area contributed by atoms with E-state index in [9.17, 15) is 4.79 Å². The average molecular weight is 260 g/mol.